The van der Waals surface area contributed by atoms with Crippen LogP contribution in [0, 0.1) is 6.92 Å². The van der Waals surface area contributed by atoms with E-state index in [1.54, 1.807) is 12.3 Å². The third-order valence-corrected chi connectivity index (χ3v) is 3.02. The summed E-state index contributed by atoms with van der Waals surface area (Å²) in [5, 5.41) is 0. The zero-order valence-corrected chi connectivity index (χ0v) is 11.0. The van der Waals surface area contributed by atoms with Crippen LogP contribution < -0.4 is 4.74 Å². The molecule has 1 aliphatic heterocycles. The molecule has 0 aromatic carbocycles. The van der Waals surface area contributed by atoms with Crippen LogP contribution in [0.5, 0.6) is 5.88 Å². The maximum absolute atomic E-state index is 12.2. The normalized spacial score (nSPS) is 19.2. The first kappa shape index (κ1) is 14.6. The van der Waals surface area contributed by atoms with E-state index in [1.165, 1.54) is 4.90 Å². The second-order valence-electron chi connectivity index (χ2n) is 4.83. The molecule has 110 valence electrons. The molecule has 0 bridgehead atoms. The number of carbonyl (C=O) groups excluding carboxylic acids is 1. The van der Waals surface area contributed by atoms with Crippen molar-refractivity contribution >= 4 is 5.91 Å². The molecule has 0 spiro atoms. The summed E-state index contributed by atoms with van der Waals surface area (Å²) in [5.41, 5.74) is 0.991. The van der Waals surface area contributed by atoms with Crippen molar-refractivity contribution in [3.63, 3.8) is 0 Å². The van der Waals surface area contributed by atoms with Gasteiger partial charge in [-0.25, -0.2) is 4.98 Å². The Hall–Kier alpha value is -1.79. The number of halogens is 3. The van der Waals surface area contributed by atoms with Crippen molar-refractivity contribution in [3.05, 3.63) is 23.9 Å². The van der Waals surface area contributed by atoms with Gasteiger partial charge in [0.05, 0.1) is 6.54 Å². The van der Waals surface area contributed by atoms with E-state index >= 15 is 0 Å². The molecule has 1 fully saturated rings. The number of pyridine rings is 1. The Kier molecular flexibility index (Phi) is 4.15. The average Bonchev–Trinajstić information content (AvgIpc) is 2.79. The molecule has 7 heteroatoms. The van der Waals surface area contributed by atoms with Gasteiger partial charge in [-0.3, -0.25) is 4.79 Å². The number of ether oxygens (including phenoxy) is 1. The van der Waals surface area contributed by atoms with Crippen LogP contribution in [-0.4, -0.2) is 41.2 Å². The van der Waals surface area contributed by atoms with Crippen molar-refractivity contribution in [2.45, 2.75) is 32.0 Å². The molecule has 1 aromatic rings. The molecule has 0 radical (unpaired) electrons. The first-order valence-corrected chi connectivity index (χ1v) is 6.27. The third-order valence-electron chi connectivity index (χ3n) is 3.02. The Balaban J connectivity index is 1.86. The van der Waals surface area contributed by atoms with E-state index in [4.69, 9.17) is 4.74 Å². The van der Waals surface area contributed by atoms with Gasteiger partial charge in [-0.15, -0.1) is 0 Å². The second kappa shape index (κ2) is 5.68. The maximum atomic E-state index is 12.2. The summed E-state index contributed by atoms with van der Waals surface area (Å²) in [5.74, 6) is -0.480. The van der Waals surface area contributed by atoms with Crippen LogP contribution in [0.25, 0.3) is 0 Å². The number of rotatable bonds is 3. The first-order chi connectivity index (χ1) is 9.33. The summed E-state index contributed by atoms with van der Waals surface area (Å²) >= 11 is 0. The van der Waals surface area contributed by atoms with Crippen molar-refractivity contribution in [1.82, 2.24) is 9.88 Å². The molecule has 1 aliphatic rings. The summed E-state index contributed by atoms with van der Waals surface area (Å²) in [6, 6.07) is 3.54. The summed E-state index contributed by atoms with van der Waals surface area (Å²) in [6.07, 6.45) is -4.02. The van der Waals surface area contributed by atoms with Gasteiger partial charge in [0, 0.05) is 25.2 Å². The number of carbonyl (C=O) groups is 1. The first-order valence-electron chi connectivity index (χ1n) is 6.27. The van der Waals surface area contributed by atoms with Gasteiger partial charge in [0.25, 0.3) is 0 Å². The zero-order valence-electron chi connectivity index (χ0n) is 11.0. The van der Waals surface area contributed by atoms with Gasteiger partial charge < -0.3 is 9.64 Å². The standard InChI is InChI=1S/C13H15F3N2O2/c1-9-2-3-11(17-7-9)20-10-4-5-18(8-10)12(19)6-13(14,15)16/h2-3,7,10H,4-6,8H2,1H3/t10-/m0/s1. The summed E-state index contributed by atoms with van der Waals surface area (Å²) in [7, 11) is 0. The number of hydrogen-bond acceptors (Lipinski definition) is 3. The van der Waals surface area contributed by atoms with E-state index in [-0.39, 0.29) is 19.2 Å². The van der Waals surface area contributed by atoms with E-state index in [0.717, 1.165) is 5.56 Å². The lowest BCUT2D eigenvalue weighted by Gasteiger charge is -2.17. The van der Waals surface area contributed by atoms with Crippen LogP contribution in [0.1, 0.15) is 18.4 Å². The Bertz CT molecular complexity index is 473. The van der Waals surface area contributed by atoms with E-state index < -0.39 is 18.5 Å². The van der Waals surface area contributed by atoms with Crippen LogP contribution in [0.4, 0.5) is 13.2 Å². The molecule has 2 rings (SSSR count). The Morgan fingerprint density at radius 1 is 1.50 bits per heavy atom. The Morgan fingerprint density at radius 2 is 2.25 bits per heavy atom. The average molecular weight is 288 g/mol. The minimum atomic E-state index is -4.46. The fraction of sp³-hybridized carbons (Fsp3) is 0.538. The van der Waals surface area contributed by atoms with E-state index in [9.17, 15) is 18.0 Å². The van der Waals surface area contributed by atoms with Crippen molar-refractivity contribution in [1.29, 1.82) is 0 Å². The predicted molar refractivity (Wildman–Crippen MR) is 65.3 cm³/mol. The van der Waals surface area contributed by atoms with Crippen molar-refractivity contribution in [3.8, 4) is 5.88 Å². The van der Waals surface area contributed by atoms with Crippen molar-refractivity contribution in [2.24, 2.45) is 0 Å². The predicted octanol–water partition coefficient (Wildman–Crippen LogP) is 2.32. The lowest BCUT2D eigenvalue weighted by molar-refractivity contribution is -0.160. The molecule has 20 heavy (non-hydrogen) atoms. The number of aromatic nitrogens is 1. The molecule has 1 atom stereocenters. The number of amides is 1. The molecule has 0 saturated carbocycles. The molecule has 0 unspecified atom stereocenters. The minimum Gasteiger partial charge on any atom is -0.472 e. The lowest BCUT2D eigenvalue weighted by atomic mass is 10.3. The van der Waals surface area contributed by atoms with Crippen LogP contribution in [0.15, 0.2) is 18.3 Å². The summed E-state index contributed by atoms with van der Waals surface area (Å²) in [4.78, 5) is 16.7. The SMILES string of the molecule is Cc1ccc(O[C@H]2CCN(C(=O)CC(F)(F)F)C2)nc1. The molecular formula is C13H15F3N2O2. The molecule has 4 nitrogen and oxygen atoms in total. The quantitative estimate of drug-likeness (QED) is 0.857. The highest BCUT2D eigenvalue weighted by Crippen LogP contribution is 2.23. The number of hydrogen-bond donors (Lipinski definition) is 0. The smallest absolute Gasteiger partial charge is 0.397 e. The zero-order chi connectivity index (χ0) is 14.8. The fourth-order valence-corrected chi connectivity index (χ4v) is 2.03. The molecular weight excluding hydrogens is 273 g/mol. The molecule has 0 N–H and O–H groups in total. The fourth-order valence-electron chi connectivity index (χ4n) is 2.03. The highest BCUT2D eigenvalue weighted by Gasteiger charge is 2.36. The highest BCUT2D eigenvalue weighted by molar-refractivity contribution is 5.77. The van der Waals surface area contributed by atoms with Gasteiger partial charge in [0.1, 0.15) is 12.5 Å². The number of likely N-dealkylation sites (tertiary alicyclic amines) is 1. The van der Waals surface area contributed by atoms with Crippen LogP contribution >= 0.6 is 0 Å². The van der Waals surface area contributed by atoms with Gasteiger partial charge in [0.2, 0.25) is 11.8 Å². The van der Waals surface area contributed by atoms with Gasteiger partial charge in [0.15, 0.2) is 0 Å². The largest absolute Gasteiger partial charge is 0.472 e. The monoisotopic (exact) mass is 288 g/mol. The van der Waals surface area contributed by atoms with E-state index in [1.807, 2.05) is 13.0 Å². The lowest BCUT2D eigenvalue weighted by Crippen LogP contribution is -2.33. The van der Waals surface area contributed by atoms with E-state index in [2.05, 4.69) is 4.98 Å². The molecule has 1 saturated heterocycles. The van der Waals surface area contributed by atoms with Crippen LogP contribution in [0.3, 0.4) is 0 Å². The van der Waals surface area contributed by atoms with E-state index in [0.29, 0.717) is 12.3 Å². The van der Waals surface area contributed by atoms with Crippen molar-refractivity contribution in [2.75, 3.05) is 13.1 Å². The molecule has 1 amide bonds. The number of alkyl halides is 3. The summed E-state index contributed by atoms with van der Waals surface area (Å²) < 4.78 is 42.0. The van der Waals surface area contributed by atoms with Gasteiger partial charge in [-0.1, -0.05) is 6.07 Å². The highest BCUT2D eigenvalue weighted by atomic mass is 19.4. The number of nitrogens with zero attached hydrogens (tertiary/aromatic N) is 2. The van der Waals surface area contributed by atoms with Crippen LogP contribution in [-0.2, 0) is 4.79 Å². The van der Waals surface area contributed by atoms with Gasteiger partial charge in [-0.2, -0.15) is 13.2 Å². The van der Waals surface area contributed by atoms with Crippen LogP contribution in [0.2, 0.25) is 0 Å². The third kappa shape index (κ3) is 4.11. The topological polar surface area (TPSA) is 42.4 Å². The Morgan fingerprint density at radius 3 is 2.85 bits per heavy atom. The second-order valence-corrected chi connectivity index (χ2v) is 4.83. The Labute approximate surface area is 114 Å². The minimum absolute atomic E-state index is 0.171. The molecule has 0 aliphatic carbocycles. The maximum Gasteiger partial charge on any atom is 0.397 e. The number of aryl methyl sites for hydroxylation is 1. The summed E-state index contributed by atoms with van der Waals surface area (Å²) in [6.45, 7) is 2.35. The molecule has 2 heterocycles. The van der Waals surface area contributed by atoms with Gasteiger partial charge >= 0.3 is 6.18 Å². The molecule has 1 aromatic heterocycles. The van der Waals surface area contributed by atoms with Gasteiger partial charge in [-0.05, 0) is 12.5 Å². The van der Waals surface area contributed by atoms with Crippen molar-refractivity contribution < 1.29 is 22.7 Å².